The first-order valence-corrected chi connectivity index (χ1v) is 15.6. The third-order valence-corrected chi connectivity index (χ3v) is 11.0. The number of hydrogen-bond acceptors (Lipinski definition) is 2. The van der Waals surface area contributed by atoms with E-state index in [1.807, 2.05) is 0 Å². The summed E-state index contributed by atoms with van der Waals surface area (Å²) in [6.07, 6.45) is 25.7. The maximum Gasteiger partial charge on any atom is 0.191 e. The molecule has 174 valence electrons. The number of allylic oxidation sites excluding steroid dienone is 2. The highest BCUT2D eigenvalue weighted by molar-refractivity contribution is 6.74. The number of unbranched alkanes of at least 4 members (excludes halogenated alkanes) is 14. The van der Waals surface area contributed by atoms with Gasteiger partial charge in [-0.25, -0.2) is 0 Å². The predicted octanol–water partition coefficient (Wildman–Crippen LogP) is 8.80. The van der Waals surface area contributed by atoms with Crippen molar-refractivity contribution in [3.8, 4) is 0 Å². The van der Waals surface area contributed by atoms with Crippen LogP contribution in [0.4, 0.5) is 0 Å². The molecule has 0 aromatic rings. The van der Waals surface area contributed by atoms with Gasteiger partial charge in [0.2, 0.25) is 0 Å². The van der Waals surface area contributed by atoms with Crippen molar-refractivity contribution in [2.24, 2.45) is 0 Å². The highest BCUT2D eigenvalue weighted by atomic mass is 28.4. The highest BCUT2D eigenvalue weighted by Gasteiger charge is 2.36. The van der Waals surface area contributed by atoms with E-state index in [-0.39, 0.29) is 0 Å². The second kappa shape index (κ2) is 18.6. The van der Waals surface area contributed by atoms with Crippen LogP contribution in [0.15, 0.2) is 12.2 Å². The molecule has 0 aliphatic heterocycles. The van der Waals surface area contributed by atoms with Crippen molar-refractivity contribution in [3.05, 3.63) is 12.2 Å². The molecular formula is C26H54O2Si. The predicted molar refractivity (Wildman–Crippen MR) is 133 cm³/mol. The van der Waals surface area contributed by atoms with Gasteiger partial charge >= 0.3 is 0 Å². The third-order valence-electron chi connectivity index (χ3n) is 6.48. The van der Waals surface area contributed by atoms with Crippen LogP contribution >= 0.6 is 0 Å². The number of aliphatic hydroxyl groups is 1. The molecule has 1 N–H and O–H groups in total. The van der Waals surface area contributed by atoms with Gasteiger partial charge in [0, 0.05) is 13.2 Å². The van der Waals surface area contributed by atoms with Gasteiger partial charge in [-0.15, -0.1) is 0 Å². The molecule has 3 heteroatoms. The average Bonchev–Trinajstić information content (AvgIpc) is 2.65. The highest BCUT2D eigenvalue weighted by Crippen LogP contribution is 2.36. The summed E-state index contributed by atoms with van der Waals surface area (Å²) in [6.45, 7) is 13.0. The monoisotopic (exact) mass is 426 g/mol. The first-order chi connectivity index (χ1) is 13.8. The lowest BCUT2D eigenvalue weighted by Gasteiger charge is -2.36. The Hall–Kier alpha value is -0.123. The fourth-order valence-corrected chi connectivity index (χ4v) is 4.37. The number of aliphatic hydroxyl groups excluding tert-OH is 1. The van der Waals surface area contributed by atoms with Gasteiger partial charge in [-0.3, -0.25) is 0 Å². The van der Waals surface area contributed by atoms with Gasteiger partial charge in [-0.1, -0.05) is 97.1 Å². The molecule has 0 fully saturated rings. The van der Waals surface area contributed by atoms with E-state index in [9.17, 15) is 0 Å². The Balaban J connectivity index is 3.25. The van der Waals surface area contributed by atoms with Crippen molar-refractivity contribution in [1.29, 1.82) is 0 Å². The summed E-state index contributed by atoms with van der Waals surface area (Å²) >= 11 is 0. The van der Waals surface area contributed by atoms with Crippen LogP contribution in [-0.4, -0.2) is 26.6 Å². The van der Waals surface area contributed by atoms with E-state index < -0.39 is 8.32 Å². The van der Waals surface area contributed by atoms with Crippen LogP contribution in [0.25, 0.3) is 0 Å². The van der Waals surface area contributed by atoms with Gasteiger partial charge in [0.05, 0.1) is 0 Å². The van der Waals surface area contributed by atoms with Crippen LogP contribution in [0.2, 0.25) is 18.1 Å². The first kappa shape index (κ1) is 28.9. The number of hydrogen-bond donors (Lipinski definition) is 1. The van der Waals surface area contributed by atoms with Gasteiger partial charge < -0.3 is 9.53 Å². The average molecular weight is 427 g/mol. The van der Waals surface area contributed by atoms with E-state index in [1.165, 1.54) is 96.3 Å². The zero-order chi connectivity index (χ0) is 21.8. The second-order valence-electron chi connectivity index (χ2n) is 10.3. The van der Waals surface area contributed by atoms with Gasteiger partial charge in [-0.2, -0.15) is 0 Å². The maximum absolute atomic E-state index is 8.74. The molecule has 0 unspecified atom stereocenters. The molecule has 2 nitrogen and oxygen atoms in total. The SMILES string of the molecule is CC(C)(C)[Si](C)(C)OCCCCCCCCCCCC=CCCCCCCCO. The summed E-state index contributed by atoms with van der Waals surface area (Å²) in [5, 5.41) is 9.08. The molecule has 0 radical (unpaired) electrons. The van der Waals surface area contributed by atoms with Crippen LogP contribution in [-0.2, 0) is 4.43 Å². The molecule has 0 atom stereocenters. The smallest absolute Gasteiger partial charge is 0.191 e. The molecule has 0 aliphatic carbocycles. The summed E-state index contributed by atoms with van der Waals surface area (Å²) < 4.78 is 6.25. The molecule has 29 heavy (non-hydrogen) atoms. The Kier molecular flexibility index (Phi) is 18.6. The topological polar surface area (TPSA) is 29.5 Å². The Morgan fingerprint density at radius 3 is 1.41 bits per heavy atom. The second-order valence-corrected chi connectivity index (χ2v) is 15.1. The molecule has 0 saturated heterocycles. The van der Waals surface area contributed by atoms with Gasteiger partial charge in [-0.05, 0) is 56.7 Å². The summed E-state index contributed by atoms with van der Waals surface area (Å²) in [5.74, 6) is 0. The Morgan fingerprint density at radius 1 is 0.621 bits per heavy atom. The zero-order valence-corrected chi connectivity index (χ0v) is 21.7. The standard InChI is InChI=1S/C26H54O2Si/c1-26(2,3)29(4,5)28-25-23-21-19-17-15-13-11-9-7-6-8-10-12-14-16-18-20-22-24-27/h8,10,27H,6-7,9,11-25H2,1-5H3. The van der Waals surface area contributed by atoms with E-state index >= 15 is 0 Å². The molecular weight excluding hydrogens is 372 g/mol. The summed E-state index contributed by atoms with van der Waals surface area (Å²) in [4.78, 5) is 0. The third kappa shape index (κ3) is 18.4. The lowest BCUT2D eigenvalue weighted by atomic mass is 10.1. The van der Waals surface area contributed by atoms with Crippen LogP contribution in [0.3, 0.4) is 0 Å². The van der Waals surface area contributed by atoms with Crippen molar-refractivity contribution < 1.29 is 9.53 Å². The molecule has 0 saturated carbocycles. The van der Waals surface area contributed by atoms with Gasteiger partial charge in [0.15, 0.2) is 8.32 Å². The van der Waals surface area contributed by atoms with E-state index in [0.29, 0.717) is 11.6 Å². The first-order valence-electron chi connectivity index (χ1n) is 12.7. The zero-order valence-electron chi connectivity index (χ0n) is 20.7. The van der Waals surface area contributed by atoms with Gasteiger partial charge in [0.25, 0.3) is 0 Å². The molecule has 0 aromatic heterocycles. The largest absolute Gasteiger partial charge is 0.417 e. The van der Waals surface area contributed by atoms with E-state index in [0.717, 1.165) is 13.0 Å². The molecule has 0 aromatic carbocycles. The number of rotatable bonds is 20. The lowest BCUT2D eigenvalue weighted by molar-refractivity contribution is 0.277. The Morgan fingerprint density at radius 2 is 1.00 bits per heavy atom. The summed E-state index contributed by atoms with van der Waals surface area (Å²) in [7, 11) is -1.53. The molecule has 0 heterocycles. The van der Waals surface area contributed by atoms with Crippen molar-refractivity contribution >= 4 is 8.32 Å². The van der Waals surface area contributed by atoms with Crippen molar-refractivity contribution in [3.63, 3.8) is 0 Å². The fourth-order valence-electron chi connectivity index (χ4n) is 3.29. The minimum atomic E-state index is -1.53. The molecule has 0 bridgehead atoms. The molecule has 0 spiro atoms. The van der Waals surface area contributed by atoms with Crippen molar-refractivity contribution in [1.82, 2.24) is 0 Å². The Bertz CT molecular complexity index is 371. The Labute approximate surface area is 185 Å². The van der Waals surface area contributed by atoms with Crippen LogP contribution < -0.4 is 0 Å². The van der Waals surface area contributed by atoms with Crippen molar-refractivity contribution in [2.75, 3.05) is 13.2 Å². The fraction of sp³-hybridized carbons (Fsp3) is 0.923. The van der Waals surface area contributed by atoms with Crippen LogP contribution in [0.1, 0.15) is 124 Å². The normalized spacial score (nSPS) is 12.9. The quantitative estimate of drug-likeness (QED) is 0.120. The minimum Gasteiger partial charge on any atom is -0.417 e. The van der Waals surface area contributed by atoms with Crippen LogP contribution in [0, 0.1) is 0 Å². The van der Waals surface area contributed by atoms with Gasteiger partial charge in [0.1, 0.15) is 0 Å². The van der Waals surface area contributed by atoms with Crippen molar-refractivity contribution in [2.45, 2.75) is 142 Å². The minimum absolute atomic E-state index is 0.337. The van der Waals surface area contributed by atoms with E-state index in [4.69, 9.17) is 9.53 Å². The summed E-state index contributed by atoms with van der Waals surface area (Å²) in [5.41, 5.74) is 0. The lowest BCUT2D eigenvalue weighted by Crippen LogP contribution is -2.40. The van der Waals surface area contributed by atoms with E-state index in [1.54, 1.807) is 0 Å². The van der Waals surface area contributed by atoms with Crippen LogP contribution in [0.5, 0.6) is 0 Å². The summed E-state index contributed by atoms with van der Waals surface area (Å²) in [6, 6.07) is 0. The maximum atomic E-state index is 8.74. The molecule has 0 aliphatic rings. The van der Waals surface area contributed by atoms with E-state index in [2.05, 4.69) is 46.0 Å². The molecule has 0 amide bonds. The molecule has 0 rings (SSSR count).